The Hall–Kier alpha value is -1.63. The van der Waals surface area contributed by atoms with E-state index in [1.165, 1.54) is 57.8 Å². The van der Waals surface area contributed by atoms with E-state index in [1.807, 2.05) is 0 Å². The minimum absolute atomic E-state index is 0.0684. The van der Waals surface area contributed by atoms with Crippen LogP contribution < -0.4 is 0 Å². The molecule has 156 valence electrons. The first-order valence-electron chi connectivity index (χ1n) is 10.4. The van der Waals surface area contributed by atoms with Crippen LogP contribution in [0.2, 0.25) is 0 Å². The number of hydroxylamine groups is 2. The Morgan fingerprint density at radius 3 is 1.89 bits per heavy atom. The molecule has 0 aromatic carbocycles. The lowest BCUT2D eigenvalue weighted by Gasteiger charge is -2.12. The number of nitrogens with zero attached hydrogens (tertiary/aromatic N) is 1. The second-order valence-electron chi connectivity index (χ2n) is 6.92. The van der Waals surface area contributed by atoms with Gasteiger partial charge in [-0.3, -0.25) is 14.4 Å². The summed E-state index contributed by atoms with van der Waals surface area (Å²) in [7, 11) is 0. The molecule has 1 saturated heterocycles. The van der Waals surface area contributed by atoms with Gasteiger partial charge in [-0.2, -0.15) is 0 Å². The van der Waals surface area contributed by atoms with Gasteiger partial charge in [0.1, 0.15) is 0 Å². The zero-order valence-electron chi connectivity index (χ0n) is 16.7. The summed E-state index contributed by atoms with van der Waals surface area (Å²) in [4.78, 5) is 38.6. The van der Waals surface area contributed by atoms with E-state index in [1.54, 1.807) is 0 Å². The van der Waals surface area contributed by atoms with Crippen LogP contribution in [0.4, 0.5) is 4.79 Å². The fourth-order valence-electron chi connectivity index (χ4n) is 2.87. The van der Waals surface area contributed by atoms with E-state index in [9.17, 15) is 14.4 Å². The Morgan fingerprint density at radius 2 is 1.30 bits per heavy atom. The van der Waals surface area contributed by atoms with Crippen molar-refractivity contribution < 1.29 is 28.7 Å². The molecule has 1 heterocycles. The molecule has 0 aromatic rings. The summed E-state index contributed by atoms with van der Waals surface area (Å²) < 4.78 is 10.3. The summed E-state index contributed by atoms with van der Waals surface area (Å²) in [6.45, 7) is 3.60. The predicted octanol–water partition coefficient (Wildman–Crippen LogP) is 4.53. The minimum Gasteiger partial charge on any atom is -0.433 e. The molecule has 0 unspecified atom stereocenters. The third-order valence-corrected chi connectivity index (χ3v) is 4.47. The van der Waals surface area contributed by atoms with E-state index >= 15 is 0 Å². The number of unbranched alkanes of at least 4 members (excludes halogenated alkanes) is 9. The monoisotopic (exact) mass is 385 g/mol. The zero-order valence-corrected chi connectivity index (χ0v) is 16.7. The van der Waals surface area contributed by atoms with Crippen molar-refractivity contribution in [2.75, 3.05) is 19.8 Å². The lowest BCUT2D eigenvalue weighted by Crippen LogP contribution is -2.32. The third kappa shape index (κ3) is 11.6. The SMILES string of the molecule is CCCCCCCCCCCCOCCCOC(=O)ON1C(=O)CCC1=O. The van der Waals surface area contributed by atoms with Crippen molar-refractivity contribution >= 4 is 18.0 Å². The maximum absolute atomic E-state index is 11.4. The van der Waals surface area contributed by atoms with E-state index in [0.29, 0.717) is 18.1 Å². The van der Waals surface area contributed by atoms with Crippen molar-refractivity contribution in [3.8, 4) is 0 Å². The summed E-state index contributed by atoms with van der Waals surface area (Å²) in [5, 5.41) is 0.476. The van der Waals surface area contributed by atoms with Gasteiger partial charge in [-0.05, 0) is 6.42 Å². The molecule has 2 amide bonds. The van der Waals surface area contributed by atoms with Gasteiger partial charge in [0.15, 0.2) is 0 Å². The van der Waals surface area contributed by atoms with E-state index in [2.05, 4.69) is 11.8 Å². The normalized spacial score (nSPS) is 14.0. The minimum atomic E-state index is -1.03. The molecule has 0 saturated carbocycles. The van der Waals surface area contributed by atoms with Crippen molar-refractivity contribution in [3.63, 3.8) is 0 Å². The highest BCUT2D eigenvalue weighted by molar-refractivity contribution is 6.01. The predicted molar refractivity (Wildman–Crippen MR) is 101 cm³/mol. The van der Waals surface area contributed by atoms with Gasteiger partial charge < -0.3 is 9.47 Å². The molecule has 1 aliphatic rings. The zero-order chi connectivity index (χ0) is 19.7. The fourth-order valence-corrected chi connectivity index (χ4v) is 2.87. The topological polar surface area (TPSA) is 82.1 Å². The van der Waals surface area contributed by atoms with Gasteiger partial charge in [0.25, 0.3) is 11.8 Å². The molecule has 0 aromatic heterocycles. The Labute approximate surface area is 162 Å². The van der Waals surface area contributed by atoms with Crippen LogP contribution in [0.25, 0.3) is 0 Å². The second-order valence-corrected chi connectivity index (χ2v) is 6.92. The molecule has 0 radical (unpaired) electrons. The van der Waals surface area contributed by atoms with Crippen LogP contribution in [0.1, 0.15) is 90.4 Å². The summed E-state index contributed by atoms with van der Waals surface area (Å²) >= 11 is 0. The molecule has 0 atom stereocenters. The highest BCUT2D eigenvalue weighted by Crippen LogP contribution is 2.13. The third-order valence-electron chi connectivity index (χ3n) is 4.47. The first-order chi connectivity index (χ1) is 13.1. The van der Waals surface area contributed by atoms with Crippen LogP contribution in [0.5, 0.6) is 0 Å². The fraction of sp³-hybridized carbons (Fsp3) is 0.850. The highest BCUT2D eigenvalue weighted by Gasteiger charge is 2.33. The largest absolute Gasteiger partial charge is 0.533 e. The average Bonchev–Trinajstić information content (AvgIpc) is 2.97. The number of carbonyl (C=O) groups excluding carboxylic acids is 3. The van der Waals surface area contributed by atoms with E-state index in [-0.39, 0.29) is 19.4 Å². The average molecular weight is 386 g/mol. The van der Waals surface area contributed by atoms with Gasteiger partial charge in [0.2, 0.25) is 0 Å². The Bertz CT molecular complexity index is 424. The lowest BCUT2D eigenvalue weighted by molar-refractivity contribution is -0.177. The molecule has 0 N–H and O–H groups in total. The smallest absolute Gasteiger partial charge is 0.433 e. The molecule has 1 aliphatic heterocycles. The van der Waals surface area contributed by atoms with Crippen LogP contribution in [-0.2, 0) is 23.9 Å². The summed E-state index contributed by atoms with van der Waals surface area (Å²) in [6.07, 6.45) is 12.6. The number of rotatable bonds is 16. The maximum atomic E-state index is 11.4. The van der Waals surface area contributed by atoms with Gasteiger partial charge in [-0.1, -0.05) is 69.8 Å². The quantitative estimate of drug-likeness (QED) is 0.220. The molecule has 1 rings (SSSR count). The van der Waals surface area contributed by atoms with Gasteiger partial charge >= 0.3 is 6.16 Å². The number of imide groups is 1. The molecule has 7 heteroatoms. The highest BCUT2D eigenvalue weighted by atomic mass is 16.8. The van der Waals surface area contributed by atoms with Crippen LogP contribution in [0.15, 0.2) is 0 Å². The second kappa shape index (κ2) is 15.4. The van der Waals surface area contributed by atoms with Crippen molar-refractivity contribution in [3.05, 3.63) is 0 Å². The molecular formula is C20H35NO6. The number of hydrogen-bond acceptors (Lipinski definition) is 6. The van der Waals surface area contributed by atoms with Crippen molar-refractivity contribution in [2.45, 2.75) is 90.4 Å². The number of amides is 2. The maximum Gasteiger partial charge on any atom is 0.533 e. The first-order valence-corrected chi connectivity index (χ1v) is 10.4. The Balaban J connectivity index is 1.80. The van der Waals surface area contributed by atoms with Crippen LogP contribution in [0, 0.1) is 0 Å². The molecule has 0 aliphatic carbocycles. The van der Waals surface area contributed by atoms with E-state index < -0.39 is 18.0 Å². The van der Waals surface area contributed by atoms with Gasteiger partial charge in [0, 0.05) is 32.5 Å². The number of ether oxygens (including phenoxy) is 2. The van der Waals surface area contributed by atoms with Crippen LogP contribution in [-0.4, -0.2) is 42.9 Å². The summed E-state index contributed by atoms with van der Waals surface area (Å²) in [5.41, 5.74) is 0. The number of carbonyl (C=O) groups is 3. The Morgan fingerprint density at radius 1 is 0.778 bits per heavy atom. The molecule has 7 nitrogen and oxygen atoms in total. The van der Waals surface area contributed by atoms with Crippen LogP contribution in [0.3, 0.4) is 0 Å². The van der Waals surface area contributed by atoms with Gasteiger partial charge in [0.05, 0.1) is 6.61 Å². The van der Waals surface area contributed by atoms with Crippen molar-refractivity contribution in [1.29, 1.82) is 0 Å². The summed E-state index contributed by atoms with van der Waals surface area (Å²) in [5.74, 6) is -1.03. The Kier molecular flexibility index (Phi) is 13.4. The van der Waals surface area contributed by atoms with Crippen molar-refractivity contribution in [1.82, 2.24) is 5.06 Å². The molecule has 1 fully saturated rings. The summed E-state index contributed by atoms with van der Waals surface area (Å²) in [6, 6.07) is 0. The first kappa shape index (κ1) is 23.4. The molecule has 27 heavy (non-hydrogen) atoms. The molecule has 0 bridgehead atoms. The van der Waals surface area contributed by atoms with Crippen LogP contribution >= 0.6 is 0 Å². The molecule has 0 spiro atoms. The number of hydrogen-bond donors (Lipinski definition) is 0. The van der Waals surface area contributed by atoms with Crippen molar-refractivity contribution in [2.24, 2.45) is 0 Å². The van der Waals surface area contributed by atoms with E-state index in [4.69, 9.17) is 9.47 Å². The van der Waals surface area contributed by atoms with E-state index in [0.717, 1.165) is 13.0 Å². The lowest BCUT2D eigenvalue weighted by atomic mass is 10.1. The van der Waals surface area contributed by atoms with Gasteiger partial charge in [-0.25, -0.2) is 4.79 Å². The molecular weight excluding hydrogens is 350 g/mol. The standard InChI is InChI=1S/C20H35NO6/c1-2-3-4-5-6-7-8-9-10-11-15-25-16-12-17-26-20(24)27-21-18(22)13-14-19(21)23/h2-17H2,1H3. The van der Waals surface area contributed by atoms with Gasteiger partial charge in [-0.15, -0.1) is 0 Å².